The van der Waals surface area contributed by atoms with Crippen molar-refractivity contribution in [2.45, 2.75) is 20.4 Å². The zero-order valence-electron chi connectivity index (χ0n) is 11.5. The van der Waals surface area contributed by atoms with E-state index in [9.17, 15) is 14.9 Å². The minimum atomic E-state index is -0.503. The lowest BCUT2D eigenvalue weighted by Crippen LogP contribution is -2.28. The number of nitro groups is 1. The van der Waals surface area contributed by atoms with Crippen molar-refractivity contribution < 1.29 is 14.1 Å². The highest BCUT2D eigenvalue weighted by atomic mass is 16.6. The topological polar surface area (TPSA) is 110 Å². The van der Waals surface area contributed by atoms with Gasteiger partial charge < -0.3 is 15.1 Å². The molecule has 2 rings (SSSR count). The number of anilines is 1. The summed E-state index contributed by atoms with van der Waals surface area (Å²) < 4.78 is 5.33. The Morgan fingerprint density at radius 1 is 1.33 bits per heavy atom. The summed E-state index contributed by atoms with van der Waals surface area (Å²) in [6.45, 7) is 3.77. The van der Waals surface area contributed by atoms with Crippen LogP contribution in [0.5, 0.6) is 0 Å². The van der Waals surface area contributed by atoms with Crippen LogP contribution in [0.25, 0.3) is 0 Å². The Morgan fingerprint density at radius 3 is 2.52 bits per heavy atom. The number of aryl methyl sites for hydroxylation is 2. The molecule has 2 amide bonds. The van der Waals surface area contributed by atoms with Gasteiger partial charge in [0.1, 0.15) is 5.76 Å². The molecular formula is C13H14N4O4. The first kappa shape index (κ1) is 14.5. The Balaban J connectivity index is 1.88. The van der Waals surface area contributed by atoms with Crippen molar-refractivity contribution in [2.75, 3.05) is 5.32 Å². The van der Waals surface area contributed by atoms with E-state index in [-0.39, 0.29) is 12.2 Å². The van der Waals surface area contributed by atoms with Gasteiger partial charge in [-0.1, -0.05) is 0 Å². The Kier molecular flexibility index (Phi) is 4.17. The van der Waals surface area contributed by atoms with Gasteiger partial charge in [-0.05, 0) is 26.0 Å². The van der Waals surface area contributed by atoms with Crippen LogP contribution < -0.4 is 10.6 Å². The largest absolute Gasteiger partial charge is 0.444 e. The highest BCUT2D eigenvalue weighted by molar-refractivity contribution is 5.89. The number of carbonyl (C=O) groups is 1. The number of nitrogens with zero attached hydrogens (tertiary/aromatic N) is 2. The summed E-state index contributed by atoms with van der Waals surface area (Å²) in [6, 6.07) is 5.10. The van der Waals surface area contributed by atoms with Crippen molar-refractivity contribution in [3.8, 4) is 0 Å². The van der Waals surface area contributed by atoms with Crippen molar-refractivity contribution in [3.05, 3.63) is 51.7 Å². The SMILES string of the molecule is Cc1nc(CNC(=O)Nc2ccc([N+](=O)[O-])cc2)oc1C. The molecule has 0 spiro atoms. The second-order valence-corrected chi connectivity index (χ2v) is 4.36. The molecule has 0 saturated heterocycles. The van der Waals surface area contributed by atoms with Crippen molar-refractivity contribution in [1.82, 2.24) is 10.3 Å². The average molecular weight is 290 g/mol. The molecule has 1 aromatic heterocycles. The predicted octanol–water partition coefficient (Wildman–Crippen LogP) is 2.52. The summed E-state index contributed by atoms with van der Waals surface area (Å²) in [4.78, 5) is 25.8. The number of carbonyl (C=O) groups excluding carboxylic acids is 1. The van der Waals surface area contributed by atoms with E-state index in [1.807, 2.05) is 6.92 Å². The molecule has 0 aliphatic heterocycles. The fourth-order valence-corrected chi connectivity index (χ4v) is 1.61. The first-order valence-electron chi connectivity index (χ1n) is 6.18. The van der Waals surface area contributed by atoms with Crippen molar-refractivity contribution in [1.29, 1.82) is 0 Å². The van der Waals surface area contributed by atoms with E-state index in [0.29, 0.717) is 17.3 Å². The van der Waals surface area contributed by atoms with E-state index in [1.54, 1.807) is 6.92 Å². The molecule has 2 aromatic rings. The van der Waals surface area contributed by atoms with Crippen molar-refractivity contribution in [2.24, 2.45) is 0 Å². The van der Waals surface area contributed by atoms with Gasteiger partial charge in [-0.2, -0.15) is 0 Å². The van der Waals surface area contributed by atoms with E-state index in [4.69, 9.17) is 4.42 Å². The highest BCUT2D eigenvalue weighted by Crippen LogP contribution is 2.15. The molecule has 8 nitrogen and oxygen atoms in total. The molecule has 0 aliphatic carbocycles. The number of non-ortho nitro benzene ring substituents is 1. The standard InChI is InChI=1S/C13H14N4O4/c1-8-9(2)21-12(15-8)7-14-13(18)16-10-3-5-11(6-4-10)17(19)20/h3-6H,7H2,1-2H3,(H2,14,16,18). The molecule has 0 fully saturated rings. The maximum atomic E-state index is 11.7. The maximum Gasteiger partial charge on any atom is 0.319 e. The third-order valence-electron chi connectivity index (χ3n) is 2.81. The normalized spacial score (nSPS) is 10.2. The monoisotopic (exact) mass is 290 g/mol. The van der Waals surface area contributed by atoms with Gasteiger partial charge in [0.15, 0.2) is 0 Å². The quantitative estimate of drug-likeness (QED) is 0.664. The molecule has 2 N–H and O–H groups in total. The van der Waals surface area contributed by atoms with E-state index >= 15 is 0 Å². The van der Waals surface area contributed by atoms with Gasteiger partial charge in [0.25, 0.3) is 5.69 Å². The zero-order valence-corrected chi connectivity index (χ0v) is 11.5. The number of hydrogen-bond acceptors (Lipinski definition) is 5. The molecule has 0 atom stereocenters. The lowest BCUT2D eigenvalue weighted by molar-refractivity contribution is -0.384. The molecular weight excluding hydrogens is 276 g/mol. The number of oxazole rings is 1. The summed E-state index contributed by atoms with van der Waals surface area (Å²) in [6.07, 6.45) is 0. The molecule has 1 heterocycles. The molecule has 110 valence electrons. The third kappa shape index (κ3) is 3.78. The van der Waals surface area contributed by atoms with Gasteiger partial charge in [-0.15, -0.1) is 0 Å². The minimum absolute atomic E-state index is 0.0355. The van der Waals surface area contributed by atoms with Crippen LogP contribution in [-0.2, 0) is 6.54 Å². The van der Waals surface area contributed by atoms with Gasteiger partial charge in [0.05, 0.1) is 17.2 Å². The Hall–Kier alpha value is -2.90. The summed E-state index contributed by atoms with van der Waals surface area (Å²) in [7, 11) is 0. The number of benzene rings is 1. The summed E-state index contributed by atoms with van der Waals surface area (Å²) in [5.41, 5.74) is 1.20. The van der Waals surface area contributed by atoms with Gasteiger partial charge in [-0.3, -0.25) is 10.1 Å². The third-order valence-corrected chi connectivity index (χ3v) is 2.81. The Bertz CT molecular complexity index is 644. The van der Waals surface area contributed by atoms with Crippen molar-refractivity contribution in [3.63, 3.8) is 0 Å². The number of hydrogen-bond donors (Lipinski definition) is 2. The van der Waals surface area contributed by atoms with Crippen LogP contribution in [0.3, 0.4) is 0 Å². The van der Waals surface area contributed by atoms with Crippen LogP contribution in [-0.4, -0.2) is 15.9 Å². The molecule has 21 heavy (non-hydrogen) atoms. The fraction of sp³-hybridized carbons (Fsp3) is 0.231. The molecule has 1 aromatic carbocycles. The van der Waals surface area contributed by atoms with Gasteiger partial charge in [-0.25, -0.2) is 9.78 Å². The highest BCUT2D eigenvalue weighted by Gasteiger charge is 2.09. The van der Waals surface area contributed by atoms with Crippen molar-refractivity contribution >= 4 is 17.4 Å². The van der Waals surface area contributed by atoms with E-state index in [2.05, 4.69) is 15.6 Å². The van der Waals surface area contributed by atoms with Crippen LogP contribution in [0.15, 0.2) is 28.7 Å². The van der Waals surface area contributed by atoms with Crippen LogP contribution in [0.2, 0.25) is 0 Å². The summed E-state index contributed by atoms with van der Waals surface area (Å²) in [5.74, 6) is 1.13. The van der Waals surface area contributed by atoms with Crippen LogP contribution >= 0.6 is 0 Å². The Morgan fingerprint density at radius 2 is 2.00 bits per heavy atom. The number of rotatable bonds is 4. The predicted molar refractivity (Wildman–Crippen MR) is 74.9 cm³/mol. The number of nitrogens with one attached hydrogen (secondary N) is 2. The molecule has 0 radical (unpaired) electrons. The number of aromatic nitrogens is 1. The fourth-order valence-electron chi connectivity index (χ4n) is 1.61. The summed E-state index contributed by atoms with van der Waals surface area (Å²) >= 11 is 0. The first-order valence-corrected chi connectivity index (χ1v) is 6.18. The lowest BCUT2D eigenvalue weighted by Gasteiger charge is -2.05. The van der Waals surface area contributed by atoms with Crippen LogP contribution in [0.4, 0.5) is 16.2 Å². The average Bonchev–Trinajstić information content (AvgIpc) is 2.76. The second-order valence-electron chi connectivity index (χ2n) is 4.36. The smallest absolute Gasteiger partial charge is 0.319 e. The van der Waals surface area contributed by atoms with E-state index < -0.39 is 11.0 Å². The van der Waals surface area contributed by atoms with E-state index in [0.717, 1.165) is 5.69 Å². The first-order chi connectivity index (χ1) is 9.95. The summed E-state index contributed by atoms with van der Waals surface area (Å²) in [5, 5.41) is 15.7. The minimum Gasteiger partial charge on any atom is -0.444 e. The van der Waals surface area contributed by atoms with Crippen LogP contribution in [0, 0.1) is 24.0 Å². The Labute approximate surface area is 120 Å². The number of nitro benzene ring substituents is 1. The second kappa shape index (κ2) is 6.04. The molecule has 8 heteroatoms. The number of amides is 2. The van der Waals surface area contributed by atoms with Gasteiger partial charge in [0, 0.05) is 17.8 Å². The number of urea groups is 1. The van der Waals surface area contributed by atoms with Crippen LogP contribution in [0.1, 0.15) is 17.3 Å². The molecule has 0 unspecified atom stereocenters. The van der Waals surface area contributed by atoms with E-state index in [1.165, 1.54) is 24.3 Å². The molecule has 0 bridgehead atoms. The van der Waals surface area contributed by atoms with Gasteiger partial charge >= 0.3 is 6.03 Å². The maximum absolute atomic E-state index is 11.7. The van der Waals surface area contributed by atoms with Gasteiger partial charge in [0.2, 0.25) is 5.89 Å². The zero-order chi connectivity index (χ0) is 15.4. The lowest BCUT2D eigenvalue weighted by atomic mass is 10.3. The molecule has 0 saturated carbocycles. The molecule has 0 aliphatic rings.